The van der Waals surface area contributed by atoms with Crippen LogP contribution in [0.4, 0.5) is 4.39 Å². The Kier molecular flexibility index (Phi) is 2.40. The minimum absolute atomic E-state index is 0.257. The Morgan fingerprint density at radius 3 is 3.00 bits per heavy atom. The summed E-state index contributed by atoms with van der Waals surface area (Å²) >= 11 is 8.51. The summed E-state index contributed by atoms with van der Waals surface area (Å²) < 4.78 is 14.4. The highest BCUT2D eigenvalue weighted by Crippen LogP contribution is 2.32. The maximum atomic E-state index is 13.2. The molecule has 0 N–H and O–H groups in total. The summed E-state index contributed by atoms with van der Waals surface area (Å²) in [6, 6.07) is 0. The van der Waals surface area contributed by atoms with Crippen LogP contribution in [0.2, 0.25) is 5.15 Å². The van der Waals surface area contributed by atoms with Gasteiger partial charge in [-0.1, -0.05) is 23.4 Å². The molecule has 2 heterocycles. The van der Waals surface area contributed by atoms with Crippen LogP contribution in [-0.4, -0.2) is 16.2 Å². The summed E-state index contributed by atoms with van der Waals surface area (Å²) in [6.07, 6.45) is 3.00. The van der Waals surface area contributed by atoms with E-state index < -0.39 is 0 Å². The lowest BCUT2D eigenvalue weighted by atomic mass is 10.4. The van der Waals surface area contributed by atoms with E-state index in [1.165, 1.54) is 23.1 Å². The number of thiazole rings is 1. The minimum atomic E-state index is -0.364. The molecule has 0 aliphatic carbocycles. The van der Waals surface area contributed by atoms with Crippen LogP contribution in [0.25, 0.3) is 10.2 Å². The third-order valence-electron chi connectivity index (χ3n) is 1.49. The van der Waals surface area contributed by atoms with Crippen molar-refractivity contribution in [3.8, 4) is 0 Å². The molecule has 0 radical (unpaired) electrons. The molecular formula is C7H4ClFN2S2. The summed E-state index contributed by atoms with van der Waals surface area (Å²) in [4.78, 5) is 7.82. The molecular weight excluding hydrogens is 231 g/mol. The van der Waals surface area contributed by atoms with Gasteiger partial charge in [0.15, 0.2) is 15.3 Å². The number of thioether (sulfide) groups is 1. The van der Waals surface area contributed by atoms with Crippen molar-refractivity contribution in [1.29, 1.82) is 0 Å². The lowest BCUT2D eigenvalue weighted by molar-refractivity contribution is 0.635. The Balaban J connectivity index is 2.80. The van der Waals surface area contributed by atoms with Crippen LogP contribution in [-0.2, 0) is 0 Å². The Morgan fingerprint density at radius 2 is 2.38 bits per heavy atom. The number of rotatable bonds is 1. The van der Waals surface area contributed by atoms with Gasteiger partial charge in [-0.25, -0.2) is 14.4 Å². The highest BCUT2D eigenvalue weighted by atomic mass is 35.5. The van der Waals surface area contributed by atoms with Crippen molar-refractivity contribution in [1.82, 2.24) is 9.97 Å². The summed E-state index contributed by atoms with van der Waals surface area (Å²) in [5.74, 6) is -0.364. The first-order valence-corrected chi connectivity index (χ1v) is 5.79. The molecule has 13 heavy (non-hydrogen) atoms. The predicted octanol–water partition coefficient (Wildman–Crippen LogP) is 3.21. The smallest absolute Gasteiger partial charge is 0.161 e. The quantitative estimate of drug-likeness (QED) is 0.560. The van der Waals surface area contributed by atoms with Crippen LogP contribution in [0.3, 0.4) is 0 Å². The average Bonchev–Trinajstić information content (AvgIpc) is 2.56. The van der Waals surface area contributed by atoms with Gasteiger partial charge in [0.1, 0.15) is 5.52 Å². The fraction of sp³-hybridized carbons (Fsp3) is 0.143. The minimum Gasteiger partial charge on any atom is -0.239 e. The lowest BCUT2D eigenvalue weighted by Gasteiger charge is -1.90. The molecule has 0 atom stereocenters. The molecule has 0 saturated carbocycles. The zero-order chi connectivity index (χ0) is 9.42. The van der Waals surface area contributed by atoms with Crippen LogP contribution in [0.1, 0.15) is 0 Å². The van der Waals surface area contributed by atoms with Crippen LogP contribution >= 0.6 is 34.7 Å². The Labute approximate surface area is 87.1 Å². The van der Waals surface area contributed by atoms with E-state index in [2.05, 4.69) is 9.97 Å². The van der Waals surface area contributed by atoms with Crippen molar-refractivity contribution in [2.45, 2.75) is 4.34 Å². The molecule has 0 spiro atoms. The van der Waals surface area contributed by atoms with E-state index in [-0.39, 0.29) is 11.0 Å². The second-order valence-corrected chi connectivity index (χ2v) is 4.67. The van der Waals surface area contributed by atoms with E-state index in [9.17, 15) is 4.39 Å². The standard InChI is InChI=1S/C7H4ClFN2S2/c1-12-7-11-4-5(13-7)3(9)2-10-6(4)8/h2H,1H3. The second-order valence-electron chi connectivity index (χ2n) is 2.26. The van der Waals surface area contributed by atoms with Gasteiger partial charge < -0.3 is 0 Å². The zero-order valence-electron chi connectivity index (χ0n) is 6.54. The van der Waals surface area contributed by atoms with Gasteiger partial charge in [-0.2, -0.15) is 0 Å². The summed E-state index contributed by atoms with van der Waals surface area (Å²) in [7, 11) is 0. The van der Waals surface area contributed by atoms with Crippen molar-refractivity contribution in [2.24, 2.45) is 0 Å². The lowest BCUT2D eigenvalue weighted by Crippen LogP contribution is -1.81. The monoisotopic (exact) mass is 234 g/mol. The molecule has 0 unspecified atom stereocenters. The molecule has 0 bridgehead atoms. The van der Waals surface area contributed by atoms with Crippen LogP contribution in [0.15, 0.2) is 10.5 Å². The van der Waals surface area contributed by atoms with E-state index in [1.807, 2.05) is 6.26 Å². The average molecular weight is 235 g/mol. The van der Waals surface area contributed by atoms with E-state index in [0.717, 1.165) is 10.5 Å². The topological polar surface area (TPSA) is 25.8 Å². The van der Waals surface area contributed by atoms with Gasteiger partial charge in [0.25, 0.3) is 0 Å². The number of hydrogen-bond donors (Lipinski definition) is 0. The Hall–Kier alpha value is -0.390. The molecule has 2 rings (SSSR count). The number of pyridine rings is 1. The molecule has 2 aromatic heterocycles. The van der Waals surface area contributed by atoms with E-state index in [1.54, 1.807) is 0 Å². The predicted molar refractivity (Wildman–Crippen MR) is 54.2 cm³/mol. The fourth-order valence-electron chi connectivity index (χ4n) is 0.923. The van der Waals surface area contributed by atoms with Crippen molar-refractivity contribution in [3.05, 3.63) is 17.2 Å². The van der Waals surface area contributed by atoms with Gasteiger partial charge in [0, 0.05) is 0 Å². The first-order chi connectivity index (χ1) is 6.22. The third-order valence-corrected chi connectivity index (χ3v) is 3.81. The van der Waals surface area contributed by atoms with Gasteiger partial charge in [0.2, 0.25) is 0 Å². The van der Waals surface area contributed by atoms with Crippen molar-refractivity contribution in [3.63, 3.8) is 0 Å². The van der Waals surface area contributed by atoms with Crippen LogP contribution in [0, 0.1) is 5.82 Å². The van der Waals surface area contributed by atoms with Gasteiger partial charge in [-0.3, -0.25) is 0 Å². The SMILES string of the molecule is CSc1nc2c(Cl)ncc(F)c2s1. The highest BCUT2D eigenvalue weighted by Gasteiger charge is 2.11. The number of fused-ring (bicyclic) bond motifs is 1. The van der Waals surface area contributed by atoms with Crippen molar-refractivity contribution >= 4 is 44.9 Å². The van der Waals surface area contributed by atoms with E-state index in [4.69, 9.17) is 11.6 Å². The summed E-state index contributed by atoms with van der Waals surface area (Å²) in [6.45, 7) is 0. The van der Waals surface area contributed by atoms with Crippen LogP contribution in [0.5, 0.6) is 0 Å². The first-order valence-electron chi connectivity index (χ1n) is 3.37. The molecule has 0 aliphatic rings. The normalized spacial score (nSPS) is 11.0. The Bertz CT molecular complexity index is 418. The highest BCUT2D eigenvalue weighted by molar-refractivity contribution is 8.00. The number of nitrogens with zero attached hydrogens (tertiary/aromatic N) is 2. The molecule has 0 amide bonds. The second kappa shape index (κ2) is 3.40. The number of halogens is 2. The molecule has 0 aliphatic heterocycles. The van der Waals surface area contributed by atoms with Gasteiger partial charge in [0.05, 0.1) is 10.9 Å². The Morgan fingerprint density at radius 1 is 1.62 bits per heavy atom. The zero-order valence-corrected chi connectivity index (χ0v) is 8.93. The van der Waals surface area contributed by atoms with E-state index >= 15 is 0 Å². The molecule has 0 aromatic carbocycles. The molecule has 2 nitrogen and oxygen atoms in total. The number of hydrogen-bond acceptors (Lipinski definition) is 4. The molecule has 6 heteroatoms. The van der Waals surface area contributed by atoms with Crippen molar-refractivity contribution < 1.29 is 4.39 Å². The third kappa shape index (κ3) is 1.51. The number of aromatic nitrogens is 2. The van der Waals surface area contributed by atoms with Gasteiger partial charge >= 0.3 is 0 Å². The maximum Gasteiger partial charge on any atom is 0.161 e. The summed E-state index contributed by atoms with van der Waals surface area (Å²) in [5.41, 5.74) is 0.455. The maximum absolute atomic E-state index is 13.2. The largest absolute Gasteiger partial charge is 0.239 e. The molecule has 2 aromatic rings. The first kappa shape index (κ1) is 9.18. The molecule has 0 fully saturated rings. The fourth-order valence-corrected chi connectivity index (χ4v) is 2.63. The van der Waals surface area contributed by atoms with Gasteiger partial charge in [-0.15, -0.1) is 11.3 Å². The van der Waals surface area contributed by atoms with Crippen LogP contribution < -0.4 is 0 Å². The van der Waals surface area contributed by atoms with E-state index in [0.29, 0.717) is 10.2 Å². The van der Waals surface area contributed by atoms with Crippen molar-refractivity contribution in [2.75, 3.05) is 6.26 Å². The van der Waals surface area contributed by atoms with Gasteiger partial charge in [-0.05, 0) is 6.26 Å². The molecule has 68 valence electrons. The molecule has 0 saturated heterocycles. The summed E-state index contributed by atoms with van der Waals surface area (Å²) in [5, 5.41) is 0.257.